The Morgan fingerprint density at radius 1 is 1.16 bits per heavy atom. The molecule has 9 heteroatoms. The number of thiocarbonyl (C=S) groups is 1. The minimum absolute atomic E-state index is 0.110. The molecule has 0 spiro atoms. The molecule has 2 aromatic carbocycles. The highest BCUT2D eigenvalue weighted by Crippen LogP contribution is 2.41. The van der Waals surface area contributed by atoms with Crippen LogP contribution in [-0.4, -0.2) is 27.4 Å². The molecule has 0 radical (unpaired) electrons. The van der Waals surface area contributed by atoms with Crippen LogP contribution in [0.3, 0.4) is 0 Å². The van der Waals surface area contributed by atoms with E-state index in [1.165, 1.54) is 12.1 Å². The van der Waals surface area contributed by atoms with E-state index in [1.54, 1.807) is 18.3 Å². The van der Waals surface area contributed by atoms with E-state index in [0.29, 0.717) is 17.4 Å². The molecule has 1 amide bonds. The van der Waals surface area contributed by atoms with Crippen molar-refractivity contribution in [1.29, 1.82) is 0 Å². The summed E-state index contributed by atoms with van der Waals surface area (Å²) in [6.45, 7) is 2.34. The summed E-state index contributed by atoms with van der Waals surface area (Å²) in [5, 5.41) is 6.49. The van der Waals surface area contributed by atoms with Crippen LogP contribution in [-0.2, 0) is 4.79 Å². The fraction of sp³-hybridized carbons (Fsp3) is 0.179. The number of aromatic nitrogens is 1. The number of para-hydroxylation sites is 1. The highest BCUT2D eigenvalue weighted by atomic mass is 79.9. The van der Waals surface area contributed by atoms with Crippen LogP contribution in [0.1, 0.15) is 35.5 Å². The monoisotopic (exact) mass is 578 g/mol. The average molecular weight is 579 g/mol. The lowest BCUT2D eigenvalue weighted by Crippen LogP contribution is -2.32. The number of anilines is 1. The molecule has 6 nitrogen and oxygen atoms in total. The summed E-state index contributed by atoms with van der Waals surface area (Å²) in [5.74, 6) is 0.626. The summed E-state index contributed by atoms with van der Waals surface area (Å²) in [6, 6.07) is 21.2. The fourth-order valence-electron chi connectivity index (χ4n) is 4.43. The van der Waals surface area contributed by atoms with E-state index in [4.69, 9.17) is 16.6 Å². The summed E-state index contributed by atoms with van der Waals surface area (Å²) in [7, 11) is 0. The van der Waals surface area contributed by atoms with Gasteiger partial charge in [0.2, 0.25) is 5.91 Å². The van der Waals surface area contributed by atoms with Crippen LogP contribution < -0.4 is 10.6 Å². The van der Waals surface area contributed by atoms with E-state index in [1.807, 2.05) is 60.4 Å². The van der Waals surface area contributed by atoms with Gasteiger partial charge in [0, 0.05) is 29.2 Å². The largest absolute Gasteiger partial charge is 0.459 e. The quantitative estimate of drug-likeness (QED) is 0.242. The number of hydrogen-bond acceptors (Lipinski definition) is 4. The van der Waals surface area contributed by atoms with Crippen LogP contribution in [0.5, 0.6) is 0 Å². The third kappa shape index (κ3) is 5.42. The Bertz CT molecular complexity index is 1450. The molecule has 1 aliphatic rings. The topological polar surface area (TPSA) is 70.4 Å². The van der Waals surface area contributed by atoms with Gasteiger partial charge in [-0.1, -0.05) is 40.2 Å². The van der Waals surface area contributed by atoms with E-state index < -0.39 is 5.82 Å². The number of hydrogen-bond donors (Lipinski definition) is 2. The van der Waals surface area contributed by atoms with Crippen molar-refractivity contribution in [1.82, 2.24) is 15.2 Å². The van der Waals surface area contributed by atoms with Crippen LogP contribution in [0, 0.1) is 12.7 Å². The average Bonchev–Trinajstić information content (AvgIpc) is 3.49. The van der Waals surface area contributed by atoms with E-state index in [9.17, 15) is 9.18 Å². The standard InChI is InChI=1S/C28H24BrFN4O2S/c1-17-9-10-18(19(29)16-17)23-11-12-24(36-23)27-26(22-8-4-5-14-31-22)33-28(37)34(27)15-13-25(35)32-21-7-3-2-6-20(21)30/h2-12,14,16,26-27H,13,15H2,1H3,(H,32,35)(H,33,37)/t26-,27+/m1/s1. The third-order valence-electron chi connectivity index (χ3n) is 6.23. The van der Waals surface area contributed by atoms with Gasteiger partial charge in [-0.15, -0.1) is 0 Å². The summed E-state index contributed by atoms with van der Waals surface area (Å²) in [4.78, 5) is 19.1. The van der Waals surface area contributed by atoms with Crippen molar-refractivity contribution in [3.05, 3.63) is 106 Å². The number of amides is 1. The first kappa shape index (κ1) is 25.1. The van der Waals surface area contributed by atoms with Crippen molar-refractivity contribution < 1.29 is 13.6 Å². The molecule has 37 heavy (non-hydrogen) atoms. The van der Waals surface area contributed by atoms with Crippen LogP contribution in [0.25, 0.3) is 11.3 Å². The van der Waals surface area contributed by atoms with Gasteiger partial charge in [-0.05, 0) is 73.2 Å². The van der Waals surface area contributed by atoms with Crippen molar-refractivity contribution in [2.24, 2.45) is 0 Å². The van der Waals surface area contributed by atoms with Gasteiger partial charge in [0.1, 0.15) is 23.4 Å². The molecule has 5 rings (SSSR count). The lowest BCUT2D eigenvalue weighted by Gasteiger charge is -2.25. The molecule has 1 saturated heterocycles. The second kappa shape index (κ2) is 10.8. The van der Waals surface area contributed by atoms with Crippen LogP contribution in [0.15, 0.2) is 87.9 Å². The smallest absolute Gasteiger partial charge is 0.226 e. The molecule has 1 aliphatic heterocycles. The second-order valence-electron chi connectivity index (χ2n) is 8.78. The maximum absolute atomic E-state index is 14.0. The first-order valence-electron chi connectivity index (χ1n) is 11.8. The van der Waals surface area contributed by atoms with Gasteiger partial charge >= 0.3 is 0 Å². The zero-order chi connectivity index (χ0) is 25.9. The number of nitrogens with zero attached hydrogens (tertiary/aromatic N) is 2. The molecule has 2 aromatic heterocycles. The molecule has 0 saturated carbocycles. The number of benzene rings is 2. The van der Waals surface area contributed by atoms with Crippen molar-refractivity contribution in [3.8, 4) is 11.3 Å². The number of carbonyl (C=O) groups is 1. The number of nitrogens with one attached hydrogen (secondary N) is 2. The minimum atomic E-state index is -0.479. The summed E-state index contributed by atoms with van der Waals surface area (Å²) < 4.78 is 21.3. The Kier molecular flexibility index (Phi) is 7.34. The van der Waals surface area contributed by atoms with Gasteiger partial charge in [-0.25, -0.2) is 4.39 Å². The zero-order valence-corrected chi connectivity index (χ0v) is 22.4. The molecule has 2 atom stereocenters. The number of carbonyl (C=O) groups excluding carboxylic acids is 1. The molecular formula is C28H24BrFN4O2S. The Morgan fingerprint density at radius 3 is 2.73 bits per heavy atom. The van der Waals surface area contributed by atoms with Crippen molar-refractivity contribution in [2.45, 2.75) is 25.4 Å². The van der Waals surface area contributed by atoms with Gasteiger partial charge in [0.15, 0.2) is 5.11 Å². The second-order valence-corrected chi connectivity index (χ2v) is 10.0. The fourth-order valence-corrected chi connectivity index (χ4v) is 5.45. The molecule has 188 valence electrons. The summed E-state index contributed by atoms with van der Waals surface area (Å²) in [6.07, 6.45) is 1.84. The zero-order valence-electron chi connectivity index (χ0n) is 19.9. The Hall–Kier alpha value is -3.56. The number of furan rings is 1. The normalized spacial score (nSPS) is 17.1. The maximum Gasteiger partial charge on any atom is 0.226 e. The van der Waals surface area contributed by atoms with Crippen molar-refractivity contribution in [2.75, 3.05) is 11.9 Å². The van der Waals surface area contributed by atoms with Gasteiger partial charge in [-0.2, -0.15) is 0 Å². The molecule has 2 N–H and O–H groups in total. The SMILES string of the molecule is Cc1ccc(-c2ccc([C@H]3[C@@H](c4ccccn4)NC(=S)N3CCC(=O)Nc3ccccc3F)o2)c(Br)c1. The van der Waals surface area contributed by atoms with Crippen LogP contribution >= 0.6 is 28.1 Å². The van der Waals surface area contributed by atoms with E-state index in [-0.39, 0.29) is 30.1 Å². The lowest BCUT2D eigenvalue weighted by molar-refractivity contribution is -0.116. The van der Waals surface area contributed by atoms with Gasteiger partial charge in [-0.3, -0.25) is 9.78 Å². The summed E-state index contributed by atoms with van der Waals surface area (Å²) >= 11 is 9.31. The van der Waals surface area contributed by atoms with Crippen molar-refractivity contribution in [3.63, 3.8) is 0 Å². The van der Waals surface area contributed by atoms with E-state index in [0.717, 1.165) is 27.1 Å². The summed E-state index contributed by atoms with van der Waals surface area (Å²) in [5.41, 5.74) is 3.04. The van der Waals surface area contributed by atoms with Gasteiger partial charge in [0.25, 0.3) is 0 Å². The first-order chi connectivity index (χ1) is 17.9. The van der Waals surface area contributed by atoms with E-state index in [2.05, 4.69) is 31.5 Å². The van der Waals surface area contributed by atoms with Gasteiger partial charge in [0.05, 0.1) is 17.4 Å². The number of halogens is 2. The molecule has 0 aliphatic carbocycles. The molecule has 3 heterocycles. The molecule has 0 bridgehead atoms. The molecule has 1 fully saturated rings. The third-order valence-corrected chi connectivity index (χ3v) is 7.24. The minimum Gasteiger partial charge on any atom is -0.459 e. The van der Waals surface area contributed by atoms with Crippen molar-refractivity contribution >= 4 is 44.9 Å². The Labute approximate surface area is 228 Å². The number of pyridine rings is 1. The van der Waals surface area contributed by atoms with Crippen LogP contribution in [0.4, 0.5) is 10.1 Å². The Morgan fingerprint density at radius 2 is 1.97 bits per heavy atom. The maximum atomic E-state index is 14.0. The predicted octanol–water partition coefficient (Wildman–Crippen LogP) is 6.55. The molecular weight excluding hydrogens is 555 g/mol. The van der Waals surface area contributed by atoms with Crippen LogP contribution in [0.2, 0.25) is 0 Å². The number of aryl methyl sites for hydroxylation is 1. The molecule has 4 aromatic rings. The highest BCUT2D eigenvalue weighted by Gasteiger charge is 2.41. The highest BCUT2D eigenvalue weighted by molar-refractivity contribution is 9.10. The Balaban J connectivity index is 1.42. The lowest BCUT2D eigenvalue weighted by atomic mass is 10.0. The first-order valence-corrected chi connectivity index (χ1v) is 13.0. The molecule has 0 unspecified atom stereocenters. The van der Waals surface area contributed by atoms with Gasteiger partial charge < -0.3 is 20.0 Å². The number of rotatable bonds is 7. The van der Waals surface area contributed by atoms with E-state index >= 15 is 0 Å². The predicted molar refractivity (Wildman–Crippen MR) is 148 cm³/mol.